The molecule has 0 N–H and O–H groups in total. The molecule has 0 amide bonds. The van der Waals surface area contributed by atoms with Crippen LogP contribution in [0.4, 0.5) is 0 Å². The molecule has 5 nitrogen and oxygen atoms in total. The van der Waals surface area contributed by atoms with Crippen LogP contribution in [0.2, 0.25) is 0 Å². The summed E-state index contributed by atoms with van der Waals surface area (Å²) >= 11 is 0. The van der Waals surface area contributed by atoms with Crippen molar-refractivity contribution >= 4 is 9.84 Å². The SMILES string of the molecule is CC1CC(C)CC(c2nc(C3CCS(=O)(=O)C3)no2)C1. The minimum Gasteiger partial charge on any atom is -0.339 e. The molecule has 3 unspecified atom stereocenters. The first-order chi connectivity index (χ1) is 9.43. The molecule has 0 aromatic carbocycles. The molecule has 1 saturated carbocycles. The van der Waals surface area contributed by atoms with Gasteiger partial charge >= 0.3 is 0 Å². The highest BCUT2D eigenvalue weighted by Gasteiger charge is 2.34. The zero-order valence-corrected chi connectivity index (χ0v) is 12.9. The molecule has 1 saturated heterocycles. The summed E-state index contributed by atoms with van der Waals surface area (Å²) in [5.74, 6) is 3.36. The molecule has 2 fully saturated rings. The molecule has 1 aliphatic carbocycles. The van der Waals surface area contributed by atoms with Crippen molar-refractivity contribution in [2.45, 2.75) is 51.4 Å². The Hall–Kier alpha value is -0.910. The van der Waals surface area contributed by atoms with Crippen molar-refractivity contribution in [3.8, 4) is 0 Å². The van der Waals surface area contributed by atoms with Crippen LogP contribution < -0.4 is 0 Å². The van der Waals surface area contributed by atoms with Gasteiger partial charge in [0, 0.05) is 11.8 Å². The summed E-state index contributed by atoms with van der Waals surface area (Å²) in [4.78, 5) is 4.51. The second kappa shape index (κ2) is 5.13. The lowest BCUT2D eigenvalue weighted by Gasteiger charge is -2.29. The monoisotopic (exact) mass is 298 g/mol. The van der Waals surface area contributed by atoms with Crippen LogP contribution >= 0.6 is 0 Å². The normalized spacial score (nSPS) is 37.1. The zero-order valence-electron chi connectivity index (χ0n) is 12.1. The molecule has 0 bridgehead atoms. The Morgan fingerprint density at radius 2 is 1.80 bits per heavy atom. The van der Waals surface area contributed by atoms with Crippen LogP contribution in [0.25, 0.3) is 0 Å². The topological polar surface area (TPSA) is 73.1 Å². The van der Waals surface area contributed by atoms with Gasteiger partial charge in [0.05, 0.1) is 11.5 Å². The molecule has 0 spiro atoms. The van der Waals surface area contributed by atoms with Crippen LogP contribution in [0.3, 0.4) is 0 Å². The fourth-order valence-electron chi connectivity index (χ4n) is 3.73. The van der Waals surface area contributed by atoms with Crippen molar-refractivity contribution in [3.05, 3.63) is 11.7 Å². The van der Waals surface area contributed by atoms with Gasteiger partial charge in [-0.3, -0.25) is 0 Å². The molecular weight excluding hydrogens is 276 g/mol. The average molecular weight is 298 g/mol. The smallest absolute Gasteiger partial charge is 0.229 e. The van der Waals surface area contributed by atoms with E-state index in [1.165, 1.54) is 6.42 Å². The van der Waals surface area contributed by atoms with Crippen LogP contribution in [-0.2, 0) is 9.84 Å². The summed E-state index contributed by atoms with van der Waals surface area (Å²) < 4.78 is 28.5. The van der Waals surface area contributed by atoms with Crippen molar-refractivity contribution < 1.29 is 12.9 Å². The number of sulfone groups is 1. The lowest BCUT2D eigenvalue weighted by atomic mass is 9.77. The largest absolute Gasteiger partial charge is 0.339 e. The van der Waals surface area contributed by atoms with Gasteiger partial charge in [-0.15, -0.1) is 0 Å². The summed E-state index contributed by atoms with van der Waals surface area (Å²) in [6.07, 6.45) is 4.07. The van der Waals surface area contributed by atoms with Gasteiger partial charge in [-0.2, -0.15) is 4.98 Å². The second-order valence-corrected chi connectivity index (χ2v) is 8.93. The summed E-state index contributed by atoms with van der Waals surface area (Å²) in [5, 5.41) is 4.04. The maximum atomic E-state index is 11.5. The molecule has 1 aromatic heterocycles. The predicted octanol–water partition coefficient (Wildman–Crippen LogP) is 2.51. The van der Waals surface area contributed by atoms with Gasteiger partial charge in [0.25, 0.3) is 0 Å². The van der Waals surface area contributed by atoms with Gasteiger partial charge in [0.15, 0.2) is 15.7 Å². The van der Waals surface area contributed by atoms with Crippen molar-refractivity contribution in [2.75, 3.05) is 11.5 Å². The van der Waals surface area contributed by atoms with Crippen LogP contribution in [-0.4, -0.2) is 30.1 Å². The van der Waals surface area contributed by atoms with E-state index < -0.39 is 9.84 Å². The lowest BCUT2D eigenvalue weighted by molar-refractivity contribution is 0.228. The second-order valence-electron chi connectivity index (χ2n) is 6.71. The van der Waals surface area contributed by atoms with Crippen molar-refractivity contribution in [2.24, 2.45) is 11.8 Å². The van der Waals surface area contributed by atoms with E-state index in [9.17, 15) is 8.42 Å². The highest BCUT2D eigenvalue weighted by molar-refractivity contribution is 7.91. The molecule has 2 heterocycles. The number of hydrogen-bond acceptors (Lipinski definition) is 5. The van der Waals surface area contributed by atoms with E-state index in [4.69, 9.17) is 4.52 Å². The van der Waals surface area contributed by atoms with E-state index in [1.807, 2.05) is 0 Å². The van der Waals surface area contributed by atoms with E-state index >= 15 is 0 Å². The van der Waals surface area contributed by atoms with Gasteiger partial charge in [-0.25, -0.2) is 8.42 Å². The molecular formula is C14H22N2O3S. The third-order valence-electron chi connectivity index (χ3n) is 4.58. The Kier molecular flexibility index (Phi) is 3.60. The minimum absolute atomic E-state index is 0.0732. The maximum absolute atomic E-state index is 11.5. The van der Waals surface area contributed by atoms with Gasteiger partial charge in [-0.1, -0.05) is 19.0 Å². The molecule has 1 aromatic rings. The van der Waals surface area contributed by atoms with E-state index in [-0.39, 0.29) is 17.4 Å². The third-order valence-corrected chi connectivity index (χ3v) is 6.35. The first kappa shape index (κ1) is 14.0. The van der Waals surface area contributed by atoms with Crippen LogP contribution in [0.5, 0.6) is 0 Å². The molecule has 2 aliphatic rings. The lowest BCUT2D eigenvalue weighted by Crippen LogP contribution is -2.18. The summed E-state index contributed by atoms with van der Waals surface area (Å²) in [5.41, 5.74) is 0. The number of hydrogen-bond donors (Lipinski definition) is 0. The molecule has 0 radical (unpaired) electrons. The molecule has 6 heteroatoms. The van der Waals surface area contributed by atoms with E-state index in [1.54, 1.807) is 0 Å². The number of aromatic nitrogens is 2. The summed E-state index contributed by atoms with van der Waals surface area (Å²) in [6, 6.07) is 0. The highest BCUT2D eigenvalue weighted by Crippen LogP contribution is 2.39. The standard InChI is InChI=1S/C14H22N2O3S/c1-9-5-10(2)7-12(6-9)14-15-13(16-19-14)11-3-4-20(17,18)8-11/h9-12H,3-8H2,1-2H3. The predicted molar refractivity (Wildman–Crippen MR) is 75.2 cm³/mol. The van der Waals surface area contributed by atoms with Gasteiger partial charge in [0.1, 0.15) is 0 Å². The van der Waals surface area contributed by atoms with Gasteiger partial charge in [0.2, 0.25) is 5.89 Å². The Balaban J connectivity index is 1.74. The third kappa shape index (κ3) is 2.90. The van der Waals surface area contributed by atoms with Crippen molar-refractivity contribution in [3.63, 3.8) is 0 Å². The Labute approximate surface area is 120 Å². The minimum atomic E-state index is -2.90. The Bertz CT molecular complexity index is 571. The fraction of sp³-hybridized carbons (Fsp3) is 0.857. The maximum Gasteiger partial charge on any atom is 0.229 e. The van der Waals surface area contributed by atoms with E-state index in [0.29, 0.717) is 35.9 Å². The summed E-state index contributed by atoms with van der Waals surface area (Å²) in [7, 11) is -2.90. The van der Waals surface area contributed by atoms with Crippen LogP contribution in [0.15, 0.2) is 4.52 Å². The molecule has 20 heavy (non-hydrogen) atoms. The van der Waals surface area contributed by atoms with Crippen LogP contribution in [0, 0.1) is 11.8 Å². The Morgan fingerprint density at radius 1 is 1.10 bits per heavy atom. The quantitative estimate of drug-likeness (QED) is 0.838. The first-order valence-corrected chi connectivity index (χ1v) is 9.29. The zero-order chi connectivity index (χ0) is 14.3. The van der Waals surface area contributed by atoms with E-state index in [0.717, 1.165) is 12.8 Å². The number of nitrogens with zero attached hydrogens (tertiary/aromatic N) is 2. The van der Waals surface area contributed by atoms with Crippen molar-refractivity contribution in [1.82, 2.24) is 10.1 Å². The Morgan fingerprint density at radius 3 is 2.40 bits per heavy atom. The van der Waals surface area contributed by atoms with Crippen molar-refractivity contribution in [1.29, 1.82) is 0 Å². The molecule has 112 valence electrons. The van der Waals surface area contributed by atoms with Gasteiger partial charge in [-0.05, 0) is 37.5 Å². The van der Waals surface area contributed by atoms with Crippen LogP contribution in [0.1, 0.15) is 63.1 Å². The molecule has 3 rings (SSSR count). The number of rotatable bonds is 2. The fourth-order valence-corrected chi connectivity index (χ4v) is 5.47. The molecule has 1 aliphatic heterocycles. The summed E-state index contributed by atoms with van der Waals surface area (Å²) in [6.45, 7) is 4.53. The van der Waals surface area contributed by atoms with E-state index in [2.05, 4.69) is 24.0 Å². The van der Waals surface area contributed by atoms with Gasteiger partial charge < -0.3 is 4.52 Å². The first-order valence-electron chi connectivity index (χ1n) is 7.47. The highest BCUT2D eigenvalue weighted by atomic mass is 32.2. The average Bonchev–Trinajstić information content (AvgIpc) is 2.94. The molecule has 3 atom stereocenters.